The summed E-state index contributed by atoms with van der Waals surface area (Å²) in [4.78, 5) is 15.9. The van der Waals surface area contributed by atoms with Crippen LogP contribution < -0.4 is 0 Å². The minimum Gasteiger partial charge on any atom is -0.465 e. The standard InChI is InChI=1S/C13H12Cl2N2O3/c1-6(2)11-16-12(20-17-11)9-8(14)5-4-7(10(9)15)13(18)19-3/h4-6H,1-3H3. The maximum absolute atomic E-state index is 11.6. The van der Waals surface area contributed by atoms with Gasteiger partial charge in [-0.1, -0.05) is 42.2 Å². The lowest BCUT2D eigenvalue weighted by Gasteiger charge is -2.07. The number of ether oxygens (including phenoxy) is 1. The lowest BCUT2D eigenvalue weighted by atomic mass is 10.1. The first-order chi connectivity index (χ1) is 9.45. The molecule has 0 N–H and O–H groups in total. The number of methoxy groups -OCH3 is 1. The molecule has 0 amide bonds. The van der Waals surface area contributed by atoms with Gasteiger partial charge in [0.1, 0.15) is 0 Å². The molecule has 0 radical (unpaired) electrons. The van der Waals surface area contributed by atoms with Gasteiger partial charge in [-0.3, -0.25) is 0 Å². The Balaban J connectivity index is 2.57. The summed E-state index contributed by atoms with van der Waals surface area (Å²) in [6.07, 6.45) is 0. The molecule has 0 unspecified atom stereocenters. The number of hydrogen-bond donors (Lipinski definition) is 0. The summed E-state index contributed by atoms with van der Waals surface area (Å²) in [5.41, 5.74) is 0.522. The highest BCUT2D eigenvalue weighted by Gasteiger charge is 2.22. The van der Waals surface area contributed by atoms with Gasteiger partial charge in [0.15, 0.2) is 5.82 Å². The van der Waals surface area contributed by atoms with Crippen LogP contribution in [0.3, 0.4) is 0 Å². The minimum absolute atomic E-state index is 0.105. The summed E-state index contributed by atoms with van der Waals surface area (Å²) >= 11 is 12.3. The molecule has 0 bridgehead atoms. The number of rotatable bonds is 3. The third kappa shape index (κ3) is 2.64. The Labute approximate surface area is 125 Å². The summed E-state index contributed by atoms with van der Waals surface area (Å²) < 4.78 is 9.82. The van der Waals surface area contributed by atoms with Crippen LogP contribution in [0.4, 0.5) is 0 Å². The third-order valence-corrected chi connectivity index (χ3v) is 3.38. The van der Waals surface area contributed by atoms with E-state index in [1.807, 2.05) is 13.8 Å². The Kier molecular flexibility index (Phi) is 4.30. The van der Waals surface area contributed by atoms with Crippen molar-refractivity contribution >= 4 is 29.2 Å². The molecule has 1 aromatic carbocycles. The Bertz CT molecular complexity index is 653. The Morgan fingerprint density at radius 3 is 2.60 bits per heavy atom. The van der Waals surface area contributed by atoms with Gasteiger partial charge in [-0.25, -0.2) is 4.79 Å². The van der Waals surface area contributed by atoms with E-state index in [-0.39, 0.29) is 22.4 Å². The second-order valence-corrected chi connectivity index (χ2v) is 5.17. The first kappa shape index (κ1) is 14.8. The fraction of sp³-hybridized carbons (Fsp3) is 0.308. The molecule has 0 saturated heterocycles. The largest absolute Gasteiger partial charge is 0.465 e. The molecule has 106 valence electrons. The summed E-state index contributed by atoms with van der Waals surface area (Å²) in [6, 6.07) is 3.02. The van der Waals surface area contributed by atoms with E-state index in [2.05, 4.69) is 14.9 Å². The summed E-state index contributed by atoms with van der Waals surface area (Å²) in [5, 5.41) is 4.30. The summed E-state index contributed by atoms with van der Waals surface area (Å²) in [6.45, 7) is 3.87. The topological polar surface area (TPSA) is 65.2 Å². The van der Waals surface area contributed by atoms with E-state index in [0.29, 0.717) is 16.4 Å². The number of carbonyl (C=O) groups is 1. The highest BCUT2D eigenvalue weighted by molar-refractivity contribution is 6.40. The van der Waals surface area contributed by atoms with E-state index >= 15 is 0 Å². The number of esters is 1. The molecule has 20 heavy (non-hydrogen) atoms. The Hall–Kier alpha value is -1.59. The molecule has 0 saturated carbocycles. The summed E-state index contributed by atoms with van der Waals surface area (Å²) in [5.74, 6) is 0.260. The number of halogens is 2. The van der Waals surface area contributed by atoms with Crippen LogP contribution in [0, 0.1) is 0 Å². The highest BCUT2D eigenvalue weighted by atomic mass is 35.5. The van der Waals surface area contributed by atoms with E-state index in [9.17, 15) is 4.79 Å². The molecule has 1 aromatic heterocycles. The van der Waals surface area contributed by atoms with Crippen LogP contribution in [0.25, 0.3) is 11.5 Å². The molecule has 0 aliphatic heterocycles. The normalized spacial score (nSPS) is 10.9. The lowest BCUT2D eigenvalue weighted by Crippen LogP contribution is -2.03. The number of aromatic nitrogens is 2. The zero-order valence-electron chi connectivity index (χ0n) is 11.1. The van der Waals surface area contributed by atoms with Gasteiger partial charge < -0.3 is 9.26 Å². The van der Waals surface area contributed by atoms with E-state index in [0.717, 1.165) is 0 Å². The van der Waals surface area contributed by atoms with Gasteiger partial charge in [0, 0.05) is 5.92 Å². The maximum Gasteiger partial charge on any atom is 0.339 e. The van der Waals surface area contributed by atoms with E-state index in [1.165, 1.54) is 19.2 Å². The molecule has 2 aromatic rings. The van der Waals surface area contributed by atoms with Crippen LogP contribution in [0.5, 0.6) is 0 Å². The molecule has 0 atom stereocenters. The molecule has 0 spiro atoms. The highest BCUT2D eigenvalue weighted by Crippen LogP contribution is 2.36. The molecular formula is C13H12Cl2N2O3. The van der Waals surface area contributed by atoms with Crippen molar-refractivity contribution in [2.24, 2.45) is 0 Å². The molecule has 7 heteroatoms. The number of nitrogens with zero attached hydrogens (tertiary/aromatic N) is 2. The van der Waals surface area contributed by atoms with Gasteiger partial charge in [0.05, 0.1) is 28.3 Å². The van der Waals surface area contributed by atoms with Crippen LogP contribution in [0.2, 0.25) is 10.0 Å². The van der Waals surface area contributed by atoms with Gasteiger partial charge in [-0.2, -0.15) is 4.98 Å². The third-order valence-electron chi connectivity index (χ3n) is 2.67. The zero-order valence-corrected chi connectivity index (χ0v) is 12.6. The van der Waals surface area contributed by atoms with E-state index in [1.54, 1.807) is 0 Å². The minimum atomic E-state index is -0.559. The van der Waals surface area contributed by atoms with Crippen LogP contribution in [0.1, 0.15) is 35.9 Å². The van der Waals surface area contributed by atoms with E-state index < -0.39 is 5.97 Å². The van der Waals surface area contributed by atoms with Crippen molar-refractivity contribution in [3.8, 4) is 11.5 Å². The molecule has 0 fully saturated rings. The predicted molar refractivity (Wildman–Crippen MR) is 75.2 cm³/mol. The van der Waals surface area contributed by atoms with Crippen molar-refractivity contribution in [3.05, 3.63) is 33.6 Å². The number of hydrogen-bond acceptors (Lipinski definition) is 5. The van der Waals surface area contributed by atoms with Crippen molar-refractivity contribution in [2.45, 2.75) is 19.8 Å². The van der Waals surface area contributed by atoms with Crippen molar-refractivity contribution < 1.29 is 14.1 Å². The first-order valence-electron chi connectivity index (χ1n) is 5.86. The summed E-state index contributed by atoms with van der Waals surface area (Å²) in [7, 11) is 1.27. The van der Waals surface area contributed by atoms with Crippen molar-refractivity contribution in [2.75, 3.05) is 7.11 Å². The molecule has 0 aliphatic carbocycles. The second-order valence-electron chi connectivity index (χ2n) is 4.39. The molecule has 0 aliphatic rings. The monoisotopic (exact) mass is 314 g/mol. The average molecular weight is 315 g/mol. The van der Waals surface area contributed by atoms with Crippen LogP contribution >= 0.6 is 23.2 Å². The van der Waals surface area contributed by atoms with Crippen LogP contribution in [-0.2, 0) is 4.74 Å². The molecule has 1 heterocycles. The molecule has 5 nitrogen and oxygen atoms in total. The number of carbonyl (C=O) groups excluding carboxylic acids is 1. The van der Waals surface area contributed by atoms with Crippen molar-refractivity contribution in [3.63, 3.8) is 0 Å². The van der Waals surface area contributed by atoms with Crippen LogP contribution in [-0.4, -0.2) is 23.2 Å². The van der Waals surface area contributed by atoms with Crippen molar-refractivity contribution in [1.29, 1.82) is 0 Å². The quantitative estimate of drug-likeness (QED) is 0.802. The SMILES string of the molecule is COC(=O)c1ccc(Cl)c(-c2nc(C(C)C)no2)c1Cl. The van der Waals surface area contributed by atoms with Gasteiger partial charge in [-0.15, -0.1) is 0 Å². The van der Waals surface area contributed by atoms with Gasteiger partial charge in [0.25, 0.3) is 5.89 Å². The van der Waals surface area contributed by atoms with Crippen molar-refractivity contribution in [1.82, 2.24) is 10.1 Å². The van der Waals surface area contributed by atoms with Gasteiger partial charge in [-0.05, 0) is 12.1 Å². The Morgan fingerprint density at radius 2 is 2.05 bits per heavy atom. The van der Waals surface area contributed by atoms with Gasteiger partial charge in [0.2, 0.25) is 0 Å². The number of benzene rings is 1. The molecular weight excluding hydrogens is 303 g/mol. The predicted octanol–water partition coefficient (Wildman–Crippen LogP) is 3.95. The zero-order chi connectivity index (χ0) is 14.9. The maximum atomic E-state index is 11.6. The second kappa shape index (κ2) is 5.81. The average Bonchev–Trinajstić information content (AvgIpc) is 2.88. The lowest BCUT2D eigenvalue weighted by molar-refractivity contribution is 0.0601. The molecule has 2 rings (SSSR count). The fourth-order valence-corrected chi connectivity index (χ4v) is 2.20. The first-order valence-corrected chi connectivity index (χ1v) is 6.61. The van der Waals surface area contributed by atoms with Gasteiger partial charge >= 0.3 is 5.97 Å². The van der Waals surface area contributed by atoms with E-state index in [4.69, 9.17) is 27.7 Å². The van der Waals surface area contributed by atoms with Crippen LogP contribution in [0.15, 0.2) is 16.7 Å². The smallest absolute Gasteiger partial charge is 0.339 e. The fourth-order valence-electron chi connectivity index (χ4n) is 1.59. The Morgan fingerprint density at radius 1 is 1.35 bits per heavy atom.